The summed E-state index contributed by atoms with van der Waals surface area (Å²) in [6.45, 7) is 7.43. The molecule has 4 nitrogen and oxygen atoms in total. The van der Waals surface area contributed by atoms with E-state index in [4.69, 9.17) is 0 Å². The van der Waals surface area contributed by atoms with Gasteiger partial charge in [-0.1, -0.05) is 13.8 Å². The predicted octanol–water partition coefficient (Wildman–Crippen LogP) is 1.02. The highest BCUT2D eigenvalue weighted by Gasteiger charge is 2.05. The van der Waals surface area contributed by atoms with E-state index in [2.05, 4.69) is 22.6 Å². The topological polar surface area (TPSA) is 44.4 Å². The molecule has 0 aliphatic rings. The normalized spacial score (nSPS) is 10.3. The second kappa shape index (κ2) is 10.6. The highest BCUT2D eigenvalue weighted by Crippen LogP contribution is 1.89. The lowest BCUT2D eigenvalue weighted by Gasteiger charge is -2.16. The molecule has 0 rings (SSSR count). The van der Waals surface area contributed by atoms with E-state index in [1.165, 1.54) is 0 Å². The number of carbonyl (C=O) groups is 1. The lowest BCUT2D eigenvalue weighted by Crippen LogP contribution is -2.37. The zero-order chi connectivity index (χ0) is 11.0. The zero-order valence-corrected chi connectivity index (χ0v) is 12.5. The molecule has 0 aromatic carbocycles. The van der Waals surface area contributed by atoms with Crippen molar-refractivity contribution in [2.24, 2.45) is 5.92 Å². The van der Waals surface area contributed by atoms with E-state index in [9.17, 15) is 4.79 Å². The number of hydrogen-bond donors (Lipinski definition) is 2. The van der Waals surface area contributed by atoms with Gasteiger partial charge in [-0.3, -0.25) is 4.79 Å². The Morgan fingerprint density at radius 2 is 1.87 bits per heavy atom. The largest absolute Gasteiger partial charge is 0.355 e. The van der Waals surface area contributed by atoms with Crippen LogP contribution in [0.25, 0.3) is 0 Å². The fourth-order valence-electron chi connectivity index (χ4n) is 0.989. The van der Waals surface area contributed by atoms with Crippen molar-refractivity contribution in [2.45, 2.75) is 13.8 Å². The van der Waals surface area contributed by atoms with Crippen LogP contribution >= 0.6 is 24.0 Å². The third kappa shape index (κ3) is 10.4. The molecule has 0 heterocycles. The summed E-state index contributed by atoms with van der Waals surface area (Å²) in [5.41, 5.74) is 0. The number of hydrogen-bond acceptors (Lipinski definition) is 3. The maximum atomic E-state index is 11.2. The van der Waals surface area contributed by atoms with Crippen LogP contribution < -0.4 is 10.6 Å². The minimum atomic E-state index is 0. The Bertz CT molecular complexity index is 174. The van der Waals surface area contributed by atoms with E-state index in [0.29, 0.717) is 0 Å². The number of nitrogens with one attached hydrogen (secondary N) is 2. The summed E-state index contributed by atoms with van der Waals surface area (Å²) in [5.74, 6) is 0.213. The fraction of sp³-hybridized carbons (Fsp3) is 0.900. The monoisotopic (exact) mass is 333 g/mol. The van der Waals surface area contributed by atoms with Crippen molar-refractivity contribution in [3.05, 3.63) is 0 Å². The first-order chi connectivity index (χ1) is 6.57. The Morgan fingerprint density at radius 1 is 1.33 bits per heavy atom. The standard InChI is InChI=1S/C10H23N3O.HI.2H2/c1-9(2)10(14)12-6-8-13(4)7-5-11-3;;;/h9,11H,5-8H2,1-4H3,(H,12,14);3*1H. The highest BCUT2D eigenvalue weighted by atomic mass is 127. The molecule has 0 aromatic heterocycles. The van der Waals surface area contributed by atoms with Crippen LogP contribution in [0.5, 0.6) is 0 Å². The first-order valence-electron chi connectivity index (χ1n) is 5.18. The van der Waals surface area contributed by atoms with Crippen LogP contribution in [0.1, 0.15) is 16.7 Å². The molecule has 1 amide bonds. The third-order valence-corrected chi connectivity index (χ3v) is 2.06. The van der Waals surface area contributed by atoms with E-state index in [1.54, 1.807) is 0 Å². The van der Waals surface area contributed by atoms with E-state index >= 15 is 0 Å². The lowest BCUT2D eigenvalue weighted by atomic mass is 10.2. The lowest BCUT2D eigenvalue weighted by molar-refractivity contribution is -0.124. The molecular formula is C10H28IN3O. The minimum absolute atomic E-state index is 0. The molecule has 96 valence electrons. The summed E-state index contributed by atoms with van der Waals surface area (Å²) >= 11 is 0. The van der Waals surface area contributed by atoms with E-state index in [-0.39, 0.29) is 38.7 Å². The molecule has 0 unspecified atom stereocenters. The minimum Gasteiger partial charge on any atom is -0.355 e. The van der Waals surface area contributed by atoms with Crippen LogP contribution in [0.15, 0.2) is 0 Å². The summed E-state index contributed by atoms with van der Waals surface area (Å²) in [5, 5.41) is 5.98. The number of carbonyl (C=O) groups excluding carboxylic acids is 1. The van der Waals surface area contributed by atoms with Gasteiger partial charge in [0.2, 0.25) is 5.91 Å². The van der Waals surface area contributed by atoms with Gasteiger partial charge < -0.3 is 15.5 Å². The molecule has 0 spiro atoms. The summed E-state index contributed by atoms with van der Waals surface area (Å²) in [4.78, 5) is 13.4. The molecule has 5 heteroatoms. The van der Waals surface area contributed by atoms with Gasteiger partial charge in [0.15, 0.2) is 0 Å². The summed E-state index contributed by atoms with van der Waals surface area (Å²) in [7, 11) is 3.99. The Morgan fingerprint density at radius 3 is 2.33 bits per heavy atom. The van der Waals surface area contributed by atoms with Crippen LogP contribution in [0.4, 0.5) is 0 Å². The SMILES string of the molecule is CNCCN(C)CCNC(=O)C(C)C.I.[HH].[HH]. The van der Waals surface area contributed by atoms with Gasteiger partial charge in [0.25, 0.3) is 0 Å². The van der Waals surface area contributed by atoms with Gasteiger partial charge in [0, 0.05) is 35.0 Å². The van der Waals surface area contributed by atoms with Crippen molar-refractivity contribution >= 4 is 29.9 Å². The van der Waals surface area contributed by atoms with Crippen molar-refractivity contribution in [3.8, 4) is 0 Å². The molecule has 0 aromatic rings. The van der Waals surface area contributed by atoms with Crippen molar-refractivity contribution in [1.29, 1.82) is 0 Å². The van der Waals surface area contributed by atoms with Gasteiger partial charge in [-0.05, 0) is 14.1 Å². The number of rotatable bonds is 7. The molecule has 0 radical (unpaired) electrons. The number of nitrogens with zero attached hydrogens (tertiary/aromatic N) is 1. The number of likely N-dealkylation sites (N-methyl/N-ethyl adjacent to an activating group) is 2. The Hall–Kier alpha value is 0.120. The first-order valence-corrected chi connectivity index (χ1v) is 5.18. The van der Waals surface area contributed by atoms with Crippen LogP contribution in [0.3, 0.4) is 0 Å². The molecule has 0 bridgehead atoms. The third-order valence-electron chi connectivity index (χ3n) is 2.06. The molecular weight excluding hydrogens is 305 g/mol. The van der Waals surface area contributed by atoms with Crippen LogP contribution in [0, 0.1) is 5.92 Å². The second-order valence-electron chi connectivity index (χ2n) is 3.85. The van der Waals surface area contributed by atoms with E-state index < -0.39 is 0 Å². The van der Waals surface area contributed by atoms with Crippen molar-refractivity contribution in [1.82, 2.24) is 15.5 Å². The molecule has 0 fully saturated rings. The van der Waals surface area contributed by atoms with Gasteiger partial charge in [0.05, 0.1) is 0 Å². The first kappa shape index (κ1) is 17.5. The average molecular weight is 333 g/mol. The Labute approximate surface area is 113 Å². The smallest absolute Gasteiger partial charge is 0.222 e. The Kier molecular flexibility index (Phi) is 12.4. The maximum absolute atomic E-state index is 11.2. The quantitative estimate of drug-likeness (QED) is 0.684. The summed E-state index contributed by atoms with van der Waals surface area (Å²) in [6, 6.07) is 0. The van der Waals surface area contributed by atoms with Gasteiger partial charge in [0.1, 0.15) is 0 Å². The summed E-state index contributed by atoms with van der Waals surface area (Å²) in [6.07, 6.45) is 0. The van der Waals surface area contributed by atoms with Crippen LogP contribution in [0.2, 0.25) is 0 Å². The van der Waals surface area contributed by atoms with E-state index in [1.807, 2.05) is 20.9 Å². The highest BCUT2D eigenvalue weighted by molar-refractivity contribution is 14.0. The molecule has 0 aliphatic carbocycles. The van der Waals surface area contributed by atoms with Gasteiger partial charge in [-0.2, -0.15) is 0 Å². The van der Waals surface area contributed by atoms with E-state index in [0.717, 1.165) is 26.2 Å². The molecule has 2 N–H and O–H groups in total. The molecule has 0 saturated heterocycles. The number of halogens is 1. The van der Waals surface area contributed by atoms with Gasteiger partial charge in [-0.25, -0.2) is 0 Å². The van der Waals surface area contributed by atoms with Crippen LogP contribution in [-0.4, -0.2) is 51.1 Å². The van der Waals surface area contributed by atoms with Gasteiger partial charge >= 0.3 is 0 Å². The molecule has 0 saturated carbocycles. The molecule has 15 heavy (non-hydrogen) atoms. The van der Waals surface area contributed by atoms with Crippen LogP contribution in [-0.2, 0) is 4.79 Å². The van der Waals surface area contributed by atoms with Crippen molar-refractivity contribution in [3.63, 3.8) is 0 Å². The summed E-state index contributed by atoms with van der Waals surface area (Å²) < 4.78 is 0. The zero-order valence-electron chi connectivity index (χ0n) is 10.2. The number of amides is 1. The molecule has 0 atom stereocenters. The van der Waals surface area contributed by atoms with Crippen molar-refractivity contribution in [2.75, 3.05) is 40.3 Å². The molecule has 0 aliphatic heterocycles. The second-order valence-corrected chi connectivity index (χ2v) is 3.85. The maximum Gasteiger partial charge on any atom is 0.222 e. The fourth-order valence-corrected chi connectivity index (χ4v) is 0.989. The van der Waals surface area contributed by atoms with Gasteiger partial charge in [-0.15, -0.1) is 24.0 Å². The Balaban J connectivity index is -0.000000282. The van der Waals surface area contributed by atoms with Crippen molar-refractivity contribution < 1.29 is 7.65 Å². The predicted molar refractivity (Wildman–Crippen MR) is 78.9 cm³/mol. The average Bonchev–Trinajstić information content (AvgIpc) is 2.14.